The molecule has 23 heavy (non-hydrogen) atoms. The van der Waals surface area contributed by atoms with Crippen LogP contribution >= 0.6 is 0 Å². The van der Waals surface area contributed by atoms with Crippen molar-refractivity contribution < 1.29 is 14.3 Å². The van der Waals surface area contributed by atoms with Gasteiger partial charge in [0.25, 0.3) is 0 Å². The van der Waals surface area contributed by atoms with Crippen molar-refractivity contribution in [1.82, 2.24) is 5.32 Å². The lowest BCUT2D eigenvalue weighted by atomic mass is 10.2. The fraction of sp³-hybridized carbons (Fsp3) is 0.167. The summed E-state index contributed by atoms with van der Waals surface area (Å²) in [6, 6.07) is 14.7. The van der Waals surface area contributed by atoms with Gasteiger partial charge in [-0.3, -0.25) is 0 Å². The zero-order valence-electron chi connectivity index (χ0n) is 12.8. The van der Waals surface area contributed by atoms with Crippen LogP contribution < -0.4 is 15.8 Å². The van der Waals surface area contributed by atoms with Gasteiger partial charge in [0, 0.05) is 17.3 Å². The number of alkyl carbamates (subject to hydrolysis) is 1. The first-order valence-corrected chi connectivity index (χ1v) is 7.05. The van der Waals surface area contributed by atoms with Crippen LogP contribution in [0.3, 0.4) is 0 Å². The highest BCUT2D eigenvalue weighted by molar-refractivity contribution is 5.67. The molecule has 0 saturated heterocycles. The molecule has 0 aliphatic carbocycles. The average Bonchev–Trinajstić information content (AvgIpc) is 2.57. The number of methoxy groups -OCH3 is 1. The van der Waals surface area contributed by atoms with Crippen LogP contribution in [0, 0.1) is 11.8 Å². The van der Waals surface area contributed by atoms with Gasteiger partial charge in [0.1, 0.15) is 12.4 Å². The van der Waals surface area contributed by atoms with E-state index in [4.69, 9.17) is 15.2 Å². The minimum Gasteiger partial charge on any atom is -0.497 e. The molecule has 0 aliphatic rings. The molecule has 2 aromatic carbocycles. The highest BCUT2D eigenvalue weighted by Crippen LogP contribution is 2.17. The molecule has 118 valence electrons. The van der Waals surface area contributed by atoms with Crippen molar-refractivity contribution in [2.24, 2.45) is 0 Å². The van der Waals surface area contributed by atoms with Crippen LogP contribution in [0.2, 0.25) is 0 Å². The maximum atomic E-state index is 11.5. The number of nitrogens with one attached hydrogen (secondary N) is 1. The molecule has 1 amide bonds. The Bertz CT molecular complexity index is 718. The van der Waals surface area contributed by atoms with Crippen LogP contribution in [0.4, 0.5) is 10.5 Å². The quantitative estimate of drug-likeness (QED) is 0.672. The monoisotopic (exact) mass is 310 g/mol. The number of ether oxygens (including phenoxy) is 2. The summed E-state index contributed by atoms with van der Waals surface area (Å²) in [5.74, 6) is 6.39. The summed E-state index contributed by atoms with van der Waals surface area (Å²) in [5, 5.41) is 2.57. The Balaban J connectivity index is 1.79. The number of benzene rings is 2. The van der Waals surface area contributed by atoms with Crippen molar-refractivity contribution in [3.05, 3.63) is 59.7 Å². The normalized spacial score (nSPS) is 9.43. The third-order valence-electron chi connectivity index (χ3n) is 2.93. The highest BCUT2D eigenvalue weighted by Gasteiger charge is 2.00. The molecule has 0 bridgehead atoms. The molecule has 0 fully saturated rings. The molecular weight excluding hydrogens is 292 g/mol. The van der Waals surface area contributed by atoms with Crippen molar-refractivity contribution in [2.75, 3.05) is 19.4 Å². The Morgan fingerprint density at radius 3 is 2.74 bits per heavy atom. The number of hydrogen-bond acceptors (Lipinski definition) is 4. The number of amides is 1. The van der Waals surface area contributed by atoms with E-state index in [1.54, 1.807) is 25.3 Å². The summed E-state index contributed by atoms with van der Waals surface area (Å²) < 4.78 is 10.2. The third-order valence-corrected chi connectivity index (χ3v) is 2.93. The summed E-state index contributed by atoms with van der Waals surface area (Å²) in [5.41, 5.74) is 7.97. The Morgan fingerprint density at radius 1 is 1.22 bits per heavy atom. The van der Waals surface area contributed by atoms with Crippen molar-refractivity contribution >= 4 is 11.8 Å². The van der Waals surface area contributed by atoms with Crippen LogP contribution in [0.15, 0.2) is 48.5 Å². The van der Waals surface area contributed by atoms with Crippen molar-refractivity contribution in [1.29, 1.82) is 0 Å². The molecule has 2 rings (SSSR count). The fourth-order valence-electron chi connectivity index (χ4n) is 1.85. The van der Waals surface area contributed by atoms with Gasteiger partial charge >= 0.3 is 6.09 Å². The van der Waals surface area contributed by atoms with Gasteiger partial charge in [0.2, 0.25) is 0 Å². The lowest BCUT2D eigenvalue weighted by Crippen LogP contribution is -2.24. The SMILES string of the molecule is COc1cc(N)cc(C#CCNC(=O)OCc2ccccc2)c1. The standard InChI is InChI=1S/C18H18N2O3/c1-22-17-11-15(10-16(19)12-17)8-5-9-20-18(21)23-13-14-6-3-2-4-7-14/h2-4,6-7,10-12H,9,13,19H2,1H3,(H,20,21). The smallest absolute Gasteiger partial charge is 0.408 e. The lowest BCUT2D eigenvalue weighted by molar-refractivity contribution is 0.141. The molecule has 0 spiro atoms. The lowest BCUT2D eigenvalue weighted by Gasteiger charge is -2.04. The van der Waals surface area contributed by atoms with Gasteiger partial charge in [-0.2, -0.15) is 0 Å². The molecule has 5 heteroatoms. The first-order chi connectivity index (χ1) is 11.2. The zero-order valence-corrected chi connectivity index (χ0v) is 12.8. The molecule has 2 aromatic rings. The third kappa shape index (κ3) is 5.64. The van der Waals surface area contributed by atoms with E-state index in [-0.39, 0.29) is 13.2 Å². The number of nitrogens with two attached hydrogens (primary N) is 1. The number of rotatable bonds is 4. The van der Waals surface area contributed by atoms with Crippen molar-refractivity contribution in [3.8, 4) is 17.6 Å². The van der Waals surface area contributed by atoms with E-state index >= 15 is 0 Å². The molecule has 0 heterocycles. The van der Waals surface area contributed by atoms with E-state index in [9.17, 15) is 4.79 Å². The summed E-state index contributed by atoms with van der Waals surface area (Å²) in [6.07, 6.45) is -0.506. The minimum atomic E-state index is -0.506. The Hall–Kier alpha value is -3.13. The first-order valence-electron chi connectivity index (χ1n) is 7.05. The summed E-state index contributed by atoms with van der Waals surface area (Å²) in [4.78, 5) is 11.5. The fourth-order valence-corrected chi connectivity index (χ4v) is 1.85. The first kappa shape index (κ1) is 16.2. The molecule has 0 radical (unpaired) electrons. The highest BCUT2D eigenvalue weighted by atomic mass is 16.5. The van der Waals surface area contributed by atoms with Gasteiger partial charge < -0.3 is 20.5 Å². The van der Waals surface area contributed by atoms with Crippen LogP contribution in [-0.2, 0) is 11.3 Å². The van der Waals surface area contributed by atoms with Crippen molar-refractivity contribution in [3.63, 3.8) is 0 Å². The molecule has 0 aliphatic heterocycles. The van der Waals surface area contributed by atoms with Crippen molar-refractivity contribution in [2.45, 2.75) is 6.61 Å². The predicted molar refractivity (Wildman–Crippen MR) is 88.9 cm³/mol. The van der Waals surface area contributed by atoms with E-state index < -0.39 is 6.09 Å². The van der Waals surface area contributed by atoms with E-state index in [2.05, 4.69) is 17.2 Å². The molecule has 5 nitrogen and oxygen atoms in total. The molecule has 3 N–H and O–H groups in total. The van der Waals surface area contributed by atoms with Crippen LogP contribution in [0.5, 0.6) is 5.75 Å². The molecule has 0 unspecified atom stereocenters. The number of carbonyl (C=O) groups is 1. The zero-order chi connectivity index (χ0) is 16.5. The topological polar surface area (TPSA) is 73.6 Å². The average molecular weight is 310 g/mol. The second-order valence-electron chi connectivity index (χ2n) is 4.71. The Labute approximate surface area is 135 Å². The van der Waals surface area contributed by atoms with Gasteiger partial charge in [-0.1, -0.05) is 42.2 Å². The largest absolute Gasteiger partial charge is 0.497 e. The van der Waals surface area contributed by atoms with E-state index in [0.29, 0.717) is 11.4 Å². The van der Waals surface area contributed by atoms with Gasteiger partial charge in [0.05, 0.1) is 13.7 Å². The number of hydrogen-bond donors (Lipinski definition) is 2. The summed E-state index contributed by atoms with van der Waals surface area (Å²) in [6.45, 7) is 0.414. The van der Waals surface area contributed by atoms with Gasteiger partial charge in [-0.05, 0) is 17.7 Å². The maximum absolute atomic E-state index is 11.5. The Kier molecular flexibility index (Phi) is 5.89. The van der Waals surface area contributed by atoms with E-state index in [1.807, 2.05) is 30.3 Å². The molecule has 0 aromatic heterocycles. The molecular formula is C18H18N2O3. The summed E-state index contributed by atoms with van der Waals surface area (Å²) in [7, 11) is 1.57. The number of nitrogen functional groups attached to an aromatic ring is 1. The second-order valence-corrected chi connectivity index (χ2v) is 4.71. The number of carbonyl (C=O) groups excluding carboxylic acids is 1. The van der Waals surface area contributed by atoms with Gasteiger partial charge in [-0.25, -0.2) is 4.79 Å². The number of anilines is 1. The molecule has 0 atom stereocenters. The van der Waals surface area contributed by atoms with E-state index in [0.717, 1.165) is 11.1 Å². The van der Waals surface area contributed by atoms with Crippen LogP contribution in [0.1, 0.15) is 11.1 Å². The summed E-state index contributed by atoms with van der Waals surface area (Å²) >= 11 is 0. The van der Waals surface area contributed by atoms with Gasteiger partial charge in [0.15, 0.2) is 0 Å². The van der Waals surface area contributed by atoms with Crippen LogP contribution in [-0.4, -0.2) is 19.7 Å². The van der Waals surface area contributed by atoms with E-state index in [1.165, 1.54) is 0 Å². The van der Waals surface area contributed by atoms with Crippen LogP contribution in [0.25, 0.3) is 0 Å². The minimum absolute atomic E-state index is 0.185. The van der Waals surface area contributed by atoms with Gasteiger partial charge in [-0.15, -0.1) is 0 Å². The second kappa shape index (κ2) is 8.35. The maximum Gasteiger partial charge on any atom is 0.408 e. The Morgan fingerprint density at radius 2 is 2.00 bits per heavy atom. The predicted octanol–water partition coefficient (Wildman–Crippen LogP) is 2.56. The molecule has 0 saturated carbocycles.